The van der Waals surface area contributed by atoms with Crippen LogP contribution in [0.15, 0.2) is 0 Å². The minimum absolute atomic E-state index is 0. The average molecular weight is 303 g/mol. The average Bonchev–Trinajstić information content (AvgIpc) is 2.83. The highest BCUT2D eigenvalue weighted by Gasteiger charge is 2.70. The second-order valence-electron chi connectivity index (χ2n) is 7.28. The fraction of sp³-hybridized carbons (Fsp3) is 0.933. The second-order valence-corrected chi connectivity index (χ2v) is 7.28. The van der Waals surface area contributed by atoms with Crippen LogP contribution in [0.3, 0.4) is 0 Å². The van der Waals surface area contributed by atoms with E-state index in [0.717, 1.165) is 39.0 Å². The molecule has 116 valence electrons. The normalized spacial score (nSPS) is 42.4. The fourth-order valence-electron chi connectivity index (χ4n) is 4.39. The number of fused-ring (bicyclic) bond motifs is 1. The van der Waals surface area contributed by atoms with Gasteiger partial charge in [-0.3, -0.25) is 4.79 Å². The molecule has 0 spiro atoms. The number of nitrogens with two attached hydrogens (primary N) is 1. The highest BCUT2D eigenvalue weighted by atomic mass is 35.5. The molecule has 1 aliphatic carbocycles. The van der Waals surface area contributed by atoms with Gasteiger partial charge in [-0.15, -0.1) is 12.4 Å². The zero-order chi connectivity index (χ0) is 13.8. The molecule has 2 N–H and O–H groups in total. The molecule has 3 fully saturated rings. The summed E-state index contributed by atoms with van der Waals surface area (Å²) in [6, 6.07) is 0. The lowest BCUT2D eigenvalue weighted by molar-refractivity contribution is -0.229. The van der Waals surface area contributed by atoms with Crippen LogP contribution in [0.25, 0.3) is 0 Å². The van der Waals surface area contributed by atoms with Gasteiger partial charge in [0, 0.05) is 31.0 Å². The molecule has 0 aromatic carbocycles. The largest absolute Gasteiger partial charge is 0.377 e. The van der Waals surface area contributed by atoms with Gasteiger partial charge in [-0.25, -0.2) is 0 Å². The Morgan fingerprint density at radius 3 is 2.65 bits per heavy atom. The van der Waals surface area contributed by atoms with E-state index in [1.165, 1.54) is 0 Å². The lowest BCUT2D eigenvalue weighted by atomic mass is 9.46. The lowest BCUT2D eigenvalue weighted by Crippen LogP contribution is -2.82. The summed E-state index contributed by atoms with van der Waals surface area (Å²) in [4.78, 5) is 14.9. The third kappa shape index (κ3) is 1.92. The molecule has 1 amide bonds. The molecule has 2 heterocycles. The zero-order valence-electron chi connectivity index (χ0n) is 12.7. The van der Waals surface area contributed by atoms with Crippen LogP contribution in [-0.2, 0) is 9.53 Å². The second kappa shape index (κ2) is 5.15. The van der Waals surface area contributed by atoms with E-state index in [2.05, 4.69) is 20.8 Å². The number of nitrogens with zero attached hydrogens (tertiary/aromatic N) is 1. The molecule has 4 nitrogen and oxygen atoms in total. The SMILES string of the molecule is CC1CCN(C(=O)C2(N)C3CCCOC3C2(C)C)C1.Cl. The van der Waals surface area contributed by atoms with Crippen LogP contribution in [0.4, 0.5) is 0 Å². The highest BCUT2D eigenvalue weighted by molar-refractivity contribution is 5.89. The Morgan fingerprint density at radius 1 is 1.35 bits per heavy atom. The molecule has 3 aliphatic rings. The van der Waals surface area contributed by atoms with Gasteiger partial charge >= 0.3 is 0 Å². The van der Waals surface area contributed by atoms with Crippen LogP contribution in [0.2, 0.25) is 0 Å². The van der Waals surface area contributed by atoms with Gasteiger partial charge in [0.25, 0.3) is 0 Å². The van der Waals surface area contributed by atoms with Gasteiger partial charge in [0.1, 0.15) is 5.54 Å². The van der Waals surface area contributed by atoms with Gasteiger partial charge in [0.15, 0.2) is 0 Å². The quantitative estimate of drug-likeness (QED) is 0.804. The van der Waals surface area contributed by atoms with E-state index >= 15 is 0 Å². The van der Waals surface area contributed by atoms with E-state index in [1.807, 2.05) is 4.90 Å². The Morgan fingerprint density at radius 2 is 2.05 bits per heavy atom. The molecule has 1 saturated carbocycles. The molecule has 2 saturated heterocycles. The van der Waals surface area contributed by atoms with E-state index in [4.69, 9.17) is 10.5 Å². The summed E-state index contributed by atoms with van der Waals surface area (Å²) in [6.07, 6.45) is 3.32. The minimum atomic E-state index is -0.720. The third-order valence-electron chi connectivity index (χ3n) is 5.75. The van der Waals surface area contributed by atoms with Crippen LogP contribution < -0.4 is 5.73 Å². The van der Waals surface area contributed by atoms with Gasteiger partial charge in [-0.2, -0.15) is 0 Å². The molecule has 2 aliphatic heterocycles. The third-order valence-corrected chi connectivity index (χ3v) is 5.75. The Hall–Kier alpha value is -0.320. The Bertz CT molecular complexity index is 401. The number of carbonyl (C=O) groups is 1. The van der Waals surface area contributed by atoms with Crippen molar-refractivity contribution in [1.82, 2.24) is 4.90 Å². The first-order chi connectivity index (χ1) is 8.89. The molecule has 0 bridgehead atoms. The standard InChI is InChI=1S/C15H26N2O2.ClH/c1-10-6-7-17(9-10)13(18)15(16)11-5-4-8-19-12(11)14(15,2)3;/h10-12H,4-9,16H2,1-3H3;1H. The minimum Gasteiger partial charge on any atom is -0.377 e. The summed E-state index contributed by atoms with van der Waals surface area (Å²) < 4.78 is 5.87. The summed E-state index contributed by atoms with van der Waals surface area (Å²) in [6.45, 7) is 8.94. The molecule has 4 atom stereocenters. The summed E-state index contributed by atoms with van der Waals surface area (Å²) in [5.41, 5.74) is 5.66. The van der Waals surface area contributed by atoms with Gasteiger partial charge in [0.05, 0.1) is 6.10 Å². The highest BCUT2D eigenvalue weighted by Crippen LogP contribution is 2.58. The van der Waals surface area contributed by atoms with Crippen molar-refractivity contribution in [1.29, 1.82) is 0 Å². The van der Waals surface area contributed by atoms with Gasteiger partial charge in [0.2, 0.25) is 5.91 Å². The number of likely N-dealkylation sites (tertiary alicyclic amines) is 1. The molecular weight excluding hydrogens is 276 g/mol. The van der Waals surface area contributed by atoms with Crippen LogP contribution in [0, 0.1) is 17.3 Å². The van der Waals surface area contributed by atoms with Gasteiger partial charge in [-0.05, 0) is 25.2 Å². The maximum Gasteiger partial charge on any atom is 0.243 e. The monoisotopic (exact) mass is 302 g/mol. The van der Waals surface area contributed by atoms with Crippen molar-refractivity contribution in [2.24, 2.45) is 23.0 Å². The number of hydrogen-bond donors (Lipinski definition) is 1. The van der Waals surface area contributed by atoms with Crippen molar-refractivity contribution in [2.75, 3.05) is 19.7 Å². The number of rotatable bonds is 1. The van der Waals surface area contributed by atoms with E-state index in [-0.39, 0.29) is 35.8 Å². The Labute approximate surface area is 127 Å². The van der Waals surface area contributed by atoms with E-state index < -0.39 is 5.54 Å². The number of halogens is 1. The predicted octanol–water partition coefficient (Wildman–Crippen LogP) is 1.81. The van der Waals surface area contributed by atoms with Crippen LogP contribution >= 0.6 is 12.4 Å². The Balaban J connectivity index is 0.00000147. The smallest absolute Gasteiger partial charge is 0.243 e. The maximum atomic E-state index is 12.9. The van der Waals surface area contributed by atoms with Crippen LogP contribution in [0.5, 0.6) is 0 Å². The number of amides is 1. The van der Waals surface area contributed by atoms with Crippen molar-refractivity contribution in [2.45, 2.75) is 51.7 Å². The molecule has 0 radical (unpaired) electrons. The van der Waals surface area contributed by atoms with E-state index in [1.54, 1.807) is 0 Å². The zero-order valence-corrected chi connectivity index (χ0v) is 13.5. The van der Waals surface area contributed by atoms with Gasteiger partial charge < -0.3 is 15.4 Å². The van der Waals surface area contributed by atoms with Crippen molar-refractivity contribution in [3.63, 3.8) is 0 Å². The molecular formula is C15H27ClN2O2. The Kier molecular flexibility index (Phi) is 4.13. The topological polar surface area (TPSA) is 55.6 Å². The summed E-state index contributed by atoms with van der Waals surface area (Å²) >= 11 is 0. The van der Waals surface area contributed by atoms with Crippen molar-refractivity contribution in [3.05, 3.63) is 0 Å². The first kappa shape index (κ1) is 16.1. The summed E-state index contributed by atoms with van der Waals surface area (Å²) in [5.74, 6) is 0.974. The number of hydrogen-bond acceptors (Lipinski definition) is 3. The molecule has 5 heteroatoms. The number of ether oxygens (including phenoxy) is 1. The summed E-state index contributed by atoms with van der Waals surface area (Å²) in [7, 11) is 0. The molecule has 20 heavy (non-hydrogen) atoms. The maximum absolute atomic E-state index is 12.9. The number of carbonyl (C=O) groups excluding carboxylic acids is 1. The fourth-order valence-corrected chi connectivity index (χ4v) is 4.39. The van der Waals surface area contributed by atoms with E-state index in [9.17, 15) is 4.79 Å². The lowest BCUT2D eigenvalue weighted by Gasteiger charge is -2.65. The van der Waals surface area contributed by atoms with E-state index in [0.29, 0.717) is 5.92 Å². The molecule has 0 aromatic rings. The van der Waals surface area contributed by atoms with Crippen molar-refractivity contribution >= 4 is 18.3 Å². The van der Waals surface area contributed by atoms with Crippen molar-refractivity contribution in [3.8, 4) is 0 Å². The first-order valence-corrected chi connectivity index (χ1v) is 7.59. The van der Waals surface area contributed by atoms with Gasteiger partial charge in [-0.1, -0.05) is 20.8 Å². The molecule has 4 unspecified atom stereocenters. The summed E-state index contributed by atoms with van der Waals surface area (Å²) in [5, 5.41) is 0. The molecule has 0 aromatic heterocycles. The first-order valence-electron chi connectivity index (χ1n) is 7.59. The van der Waals surface area contributed by atoms with Crippen LogP contribution in [0.1, 0.15) is 40.0 Å². The van der Waals surface area contributed by atoms with Crippen molar-refractivity contribution < 1.29 is 9.53 Å². The van der Waals surface area contributed by atoms with Crippen LogP contribution in [-0.4, -0.2) is 42.1 Å². The predicted molar refractivity (Wildman–Crippen MR) is 80.8 cm³/mol. The molecule has 3 rings (SSSR count).